The lowest BCUT2D eigenvalue weighted by Crippen LogP contribution is -2.27. The van der Waals surface area contributed by atoms with Gasteiger partial charge in [0.2, 0.25) is 5.75 Å². The molecule has 0 aliphatic heterocycles. The number of ether oxygens (including phenoxy) is 3. The third-order valence-corrected chi connectivity index (χ3v) is 3.54. The second-order valence-corrected chi connectivity index (χ2v) is 4.57. The van der Waals surface area contributed by atoms with Crippen molar-refractivity contribution in [1.29, 1.82) is 0 Å². The molecule has 4 heteroatoms. The van der Waals surface area contributed by atoms with Crippen molar-refractivity contribution in [3.05, 3.63) is 18.2 Å². The summed E-state index contributed by atoms with van der Waals surface area (Å²) in [5, 5.41) is 0. The van der Waals surface area contributed by atoms with Gasteiger partial charge in [0, 0.05) is 5.92 Å². The van der Waals surface area contributed by atoms with E-state index in [0.29, 0.717) is 29.7 Å². The second kappa shape index (κ2) is 5.96. The van der Waals surface area contributed by atoms with Crippen LogP contribution < -0.4 is 19.9 Å². The fourth-order valence-electron chi connectivity index (χ4n) is 2.51. The van der Waals surface area contributed by atoms with Crippen molar-refractivity contribution in [1.82, 2.24) is 0 Å². The van der Waals surface area contributed by atoms with Gasteiger partial charge in [-0.1, -0.05) is 6.07 Å². The van der Waals surface area contributed by atoms with Gasteiger partial charge >= 0.3 is 0 Å². The Morgan fingerprint density at radius 3 is 2.39 bits per heavy atom. The van der Waals surface area contributed by atoms with Crippen LogP contribution in [-0.2, 0) is 0 Å². The summed E-state index contributed by atoms with van der Waals surface area (Å²) >= 11 is 0. The first-order valence-electron chi connectivity index (χ1n) is 6.37. The molecule has 1 aromatic carbocycles. The molecule has 2 N–H and O–H groups in total. The summed E-state index contributed by atoms with van der Waals surface area (Å²) in [6.45, 7) is 0.669. The first-order valence-corrected chi connectivity index (χ1v) is 6.37. The Bertz CT molecular complexity index is 372. The molecule has 0 amide bonds. The average Bonchev–Trinajstić information content (AvgIpc) is 2.86. The molecule has 1 aromatic rings. The Labute approximate surface area is 108 Å². The maximum atomic E-state index is 6.09. The molecule has 2 unspecified atom stereocenters. The molecule has 0 saturated heterocycles. The minimum absolute atomic E-state index is 0.167. The maximum absolute atomic E-state index is 6.09. The monoisotopic (exact) mass is 251 g/mol. The lowest BCUT2D eigenvalue weighted by molar-refractivity contribution is 0.150. The standard InChI is InChI=1S/C14H21NO3/c1-16-12-7-4-8-13(17-2)14(12)18-11-6-3-5-10(11)9-15/h4,7-8,10-11H,3,5-6,9,15H2,1-2H3. The fourth-order valence-corrected chi connectivity index (χ4v) is 2.51. The van der Waals surface area contributed by atoms with Crippen LogP contribution in [0.25, 0.3) is 0 Å². The Balaban J connectivity index is 2.21. The van der Waals surface area contributed by atoms with E-state index in [1.165, 1.54) is 6.42 Å². The zero-order chi connectivity index (χ0) is 13.0. The van der Waals surface area contributed by atoms with Gasteiger partial charge in [0.15, 0.2) is 11.5 Å². The molecular weight excluding hydrogens is 230 g/mol. The van der Waals surface area contributed by atoms with Gasteiger partial charge in [-0.15, -0.1) is 0 Å². The SMILES string of the molecule is COc1cccc(OC)c1OC1CCCC1CN. The highest BCUT2D eigenvalue weighted by Crippen LogP contribution is 2.40. The number of nitrogens with two attached hydrogens (primary N) is 1. The lowest BCUT2D eigenvalue weighted by atomic mass is 10.1. The molecule has 2 atom stereocenters. The number of hydrogen-bond donors (Lipinski definition) is 1. The van der Waals surface area contributed by atoms with Gasteiger partial charge in [-0.05, 0) is 37.9 Å². The molecule has 0 aromatic heterocycles. The number of para-hydroxylation sites is 1. The third-order valence-electron chi connectivity index (χ3n) is 3.54. The van der Waals surface area contributed by atoms with E-state index in [0.717, 1.165) is 12.8 Å². The number of rotatable bonds is 5. The zero-order valence-corrected chi connectivity index (χ0v) is 11.0. The largest absolute Gasteiger partial charge is 0.493 e. The summed E-state index contributed by atoms with van der Waals surface area (Å²) in [6.07, 6.45) is 3.52. The minimum atomic E-state index is 0.167. The van der Waals surface area contributed by atoms with Crippen LogP contribution in [-0.4, -0.2) is 26.9 Å². The van der Waals surface area contributed by atoms with Crippen molar-refractivity contribution in [3.63, 3.8) is 0 Å². The highest BCUT2D eigenvalue weighted by atomic mass is 16.5. The quantitative estimate of drug-likeness (QED) is 0.871. The molecule has 0 radical (unpaired) electrons. The van der Waals surface area contributed by atoms with Crippen molar-refractivity contribution < 1.29 is 14.2 Å². The average molecular weight is 251 g/mol. The van der Waals surface area contributed by atoms with E-state index in [4.69, 9.17) is 19.9 Å². The maximum Gasteiger partial charge on any atom is 0.203 e. The predicted octanol–water partition coefficient (Wildman–Crippen LogP) is 2.21. The van der Waals surface area contributed by atoms with Gasteiger partial charge in [-0.3, -0.25) is 0 Å². The minimum Gasteiger partial charge on any atom is -0.493 e. The Kier molecular flexibility index (Phi) is 4.31. The fraction of sp³-hybridized carbons (Fsp3) is 0.571. The number of methoxy groups -OCH3 is 2. The highest BCUT2D eigenvalue weighted by Gasteiger charge is 2.29. The molecule has 0 heterocycles. The first kappa shape index (κ1) is 13.0. The predicted molar refractivity (Wildman–Crippen MR) is 70.4 cm³/mol. The summed E-state index contributed by atoms with van der Waals surface area (Å²) in [5.74, 6) is 2.53. The molecular formula is C14H21NO3. The summed E-state index contributed by atoms with van der Waals surface area (Å²) in [6, 6.07) is 5.65. The Morgan fingerprint density at radius 2 is 1.83 bits per heavy atom. The van der Waals surface area contributed by atoms with E-state index >= 15 is 0 Å². The van der Waals surface area contributed by atoms with Gasteiger partial charge in [0.25, 0.3) is 0 Å². The van der Waals surface area contributed by atoms with Gasteiger partial charge in [-0.2, -0.15) is 0 Å². The molecule has 1 aliphatic rings. The van der Waals surface area contributed by atoms with Crippen molar-refractivity contribution in [2.24, 2.45) is 11.7 Å². The van der Waals surface area contributed by atoms with Gasteiger partial charge in [0.05, 0.1) is 14.2 Å². The van der Waals surface area contributed by atoms with E-state index in [1.54, 1.807) is 14.2 Å². The molecule has 100 valence electrons. The van der Waals surface area contributed by atoms with Gasteiger partial charge in [-0.25, -0.2) is 0 Å². The molecule has 2 rings (SSSR count). The van der Waals surface area contributed by atoms with Crippen molar-refractivity contribution in [3.8, 4) is 17.2 Å². The zero-order valence-electron chi connectivity index (χ0n) is 11.0. The van der Waals surface area contributed by atoms with Crippen LogP contribution in [0.1, 0.15) is 19.3 Å². The summed E-state index contributed by atoms with van der Waals surface area (Å²) in [4.78, 5) is 0. The highest BCUT2D eigenvalue weighted by molar-refractivity contribution is 5.51. The number of hydrogen-bond acceptors (Lipinski definition) is 4. The molecule has 18 heavy (non-hydrogen) atoms. The summed E-state index contributed by atoms with van der Waals surface area (Å²) < 4.78 is 16.8. The van der Waals surface area contributed by atoms with Crippen LogP contribution in [0.2, 0.25) is 0 Å². The third kappa shape index (κ3) is 2.53. The molecule has 1 fully saturated rings. The smallest absolute Gasteiger partial charge is 0.203 e. The number of benzene rings is 1. The van der Waals surface area contributed by atoms with Crippen molar-refractivity contribution >= 4 is 0 Å². The van der Waals surface area contributed by atoms with Crippen LogP contribution in [0, 0.1) is 5.92 Å². The lowest BCUT2D eigenvalue weighted by Gasteiger charge is -2.22. The Morgan fingerprint density at radius 1 is 1.17 bits per heavy atom. The van der Waals surface area contributed by atoms with Crippen molar-refractivity contribution in [2.75, 3.05) is 20.8 Å². The molecule has 1 saturated carbocycles. The Hall–Kier alpha value is -1.42. The van der Waals surface area contributed by atoms with E-state index in [1.807, 2.05) is 18.2 Å². The normalized spacial score (nSPS) is 22.8. The van der Waals surface area contributed by atoms with Gasteiger partial charge in [0.1, 0.15) is 6.10 Å². The molecule has 1 aliphatic carbocycles. The summed E-state index contributed by atoms with van der Waals surface area (Å²) in [7, 11) is 3.27. The van der Waals surface area contributed by atoms with E-state index < -0.39 is 0 Å². The van der Waals surface area contributed by atoms with E-state index in [-0.39, 0.29) is 6.10 Å². The van der Waals surface area contributed by atoms with Crippen LogP contribution >= 0.6 is 0 Å². The molecule has 0 spiro atoms. The van der Waals surface area contributed by atoms with E-state index in [2.05, 4.69) is 0 Å². The van der Waals surface area contributed by atoms with Crippen LogP contribution in [0.3, 0.4) is 0 Å². The molecule has 4 nitrogen and oxygen atoms in total. The van der Waals surface area contributed by atoms with Crippen molar-refractivity contribution in [2.45, 2.75) is 25.4 Å². The van der Waals surface area contributed by atoms with Crippen LogP contribution in [0.4, 0.5) is 0 Å². The van der Waals surface area contributed by atoms with E-state index in [9.17, 15) is 0 Å². The van der Waals surface area contributed by atoms with Crippen LogP contribution in [0.5, 0.6) is 17.2 Å². The second-order valence-electron chi connectivity index (χ2n) is 4.57. The molecule has 0 bridgehead atoms. The first-order chi connectivity index (χ1) is 8.80. The topological polar surface area (TPSA) is 53.7 Å². The van der Waals surface area contributed by atoms with Gasteiger partial charge < -0.3 is 19.9 Å². The van der Waals surface area contributed by atoms with Crippen LogP contribution in [0.15, 0.2) is 18.2 Å². The summed E-state index contributed by atoms with van der Waals surface area (Å²) in [5.41, 5.74) is 5.78.